The van der Waals surface area contributed by atoms with Crippen LogP contribution in [0.3, 0.4) is 0 Å². The van der Waals surface area contributed by atoms with E-state index in [-0.39, 0.29) is 25.2 Å². The Bertz CT molecular complexity index is 1310. The van der Waals surface area contributed by atoms with Gasteiger partial charge in [0.2, 0.25) is 0 Å². The zero-order valence-corrected chi connectivity index (χ0v) is 21.0. The molecule has 3 aromatic carbocycles. The number of hydrogen-bond acceptors (Lipinski definition) is 3. The fraction of sp³-hybridized carbons (Fsp3) is 0.207. The summed E-state index contributed by atoms with van der Waals surface area (Å²) in [5.74, 6) is 6.96. The van der Waals surface area contributed by atoms with Crippen LogP contribution in [-0.2, 0) is 11.4 Å². The lowest BCUT2D eigenvalue weighted by Crippen LogP contribution is -2.02. The summed E-state index contributed by atoms with van der Waals surface area (Å²) in [6.07, 6.45) is 0.435. The van der Waals surface area contributed by atoms with Gasteiger partial charge in [-0.1, -0.05) is 48.4 Å². The highest BCUT2D eigenvalue weighted by atomic mass is 32.1. The van der Waals surface area contributed by atoms with Crippen molar-refractivity contribution in [1.82, 2.24) is 0 Å². The molecule has 0 amide bonds. The maximum atomic E-state index is 11.5. The molecule has 0 radical (unpaired) electrons. The van der Waals surface area contributed by atoms with Gasteiger partial charge in [-0.15, -0.1) is 17.3 Å². The number of aryl methyl sites for hydroxylation is 1. The first-order valence-electron chi connectivity index (χ1n) is 10.8. The van der Waals surface area contributed by atoms with Gasteiger partial charge in [-0.2, -0.15) is 13.5 Å². The van der Waals surface area contributed by atoms with Crippen LogP contribution in [0.4, 0.5) is 0 Å². The van der Waals surface area contributed by atoms with Gasteiger partial charge in [0, 0.05) is 22.1 Å². The van der Waals surface area contributed by atoms with E-state index >= 15 is 0 Å². The van der Waals surface area contributed by atoms with Crippen molar-refractivity contribution >= 4 is 40.7 Å². The number of ketones is 1. The average Bonchev–Trinajstić information content (AvgIpc) is 3.21. The molecule has 33 heavy (non-hydrogen) atoms. The maximum Gasteiger partial charge on any atom is 0.131 e. The van der Waals surface area contributed by atoms with Crippen molar-refractivity contribution in [2.45, 2.75) is 39.7 Å². The van der Waals surface area contributed by atoms with E-state index in [9.17, 15) is 4.79 Å². The molecule has 0 bridgehead atoms. The Balaban J connectivity index is 0.00000306. The van der Waals surface area contributed by atoms with E-state index in [0.29, 0.717) is 13.0 Å². The normalized spacial score (nSPS) is 11.2. The van der Waals surface area contributed by atoms with E-state index < -0.39 is 0 Å². The van der Waals surface area contributed by atoms with Crippen LogP contribution in [0, 0.1) is 18.8 Å². The molecule has 4 aromatic rings. The minimum absolute atomic E-state index is 0. The van der Waals surface area contributed by atoms with Crippen molar-refractivity contribution in [1.29, 1.82) is 0 Å². The van der Waals surface area contributed by atoms with Gasteiger partial charge in [0.05, 0.1) is 5.92 Å². The van der Waals surface area contributed by atoms with E-state index in [4.69, 9.17) is 4.74 Å². The molecule has 0 aliphatic carbocycles. The van der Waals surface area contributed by atoms with E-state index in [1.54, 1.807) is 25.2 Å². The van der Waals surface area contributed by atoms with Gasteiger partial charge in [-0.3, -0.25) is 4.79 Å². The van der Waals surface area contributed by atoms with E-state index in [1.165, 1.54) is 26.8 Å². The number of carbonyl (C=O) groups is 1. The second kappa shape index (κ2) is 11.2. The number of ether oxygens (including phenoxy) is 1. The van der Waals surface area contributed by atoms with E-state index in [0.717, 1.165) is 16.9 Å². The molecule has 0 aliphatic rings. The molecule has 0 spiro atoms. The van der Waals surface area contributed by atoms with Crippen LogP contribution in [-0.4, -0.2) is 5.78 Å². The zero-order chi connectivity index (χ0) is 22.5. The third kappa shape index (κ3) is 5.87. The summed E-state index contributed by atoms with van der Waals surface area (Å²) in [5.41, 5.74) is 6.03. The monoisotopic (exact) mass is 472 g/mol. The SMILES string of the molecule is CC#C[C@@H](CC(C)=O)c1ccc(OCc2ccc3scc(-c4ccccc4C)c3c2)cc1.S. The summed E-state index contributed by atoms with van der Waals surface area (Å²) in [6, 6.07) is 23.0. The quantitative estimate of drug-likeness (QED) is 0.258. The van der Waals surface area contributed by atoms with Gasteiger partial charge >= 0.3 is 0 Å². The molecule has 4 heteroatoms. The maximum absolute atomic E-state index is 11.5. The molecule has 0 saturated carbocycles. The lowest BCUT2D eigenvalue weighted by Gasteiger charge is -2.11. The Labute approximate surface area is 207 Å². The van der Waals surface area contributed by atoms with Crippen molar-refractivity contribution in [3.05, 3.63) is 88.8 Å². The highest BCUT2D eigenvalue weighted by molar-refractivity contribution is 7.59. The number of Topliss-reactive ketones (excluding diaryl/α,β-unsaturated/α-hetero) is 1. The molecule has 0 saturated heterocycles. The second-order valence-corrected chi connectivity index (χ2v) is 8.92. The molecule has 0 aliphatic heterocycles. The van der Waals surface area contributed by atoms with Crippen LogP contribution in [0.2, 0.25) is 0 Å². The molecule has 2 nitrogen and oxygen atoms in total. The predicted molar refractivity (Wildman–Crippen MR) is 145 cm³/mol. The summed E-state index contributed by atoms with van der Waals surface area (Å²) in [5, 5.41) is 3.51. The van der Waals surface area contributed by atoms with Gasteiger partial charge in [-0.05, 0) is 72.7 Å². The smallest absolute Gasteiger partial charge is 0.131 e. The van der Waals surface area contributed by atoms with Crippen molar-refractivity contribution in [3.8, 4) is 28.7 Å². The Morgan fingerprint density at radius 3 is 2.48 bits per heavy atom. The van der Waals surface area contributed by atoms with Crippen molar-refractivity contribution in [2.75, 3.05) is 0 Å². The second-order valence-electron chi connectivity index (χ2n) is 8.01. The van der Waals surface area contributed by atoms with Crippen LogP contribution < -0.4 is 4.74 Å². The molecular formula is C29H28O2S2. The van der Waals surface area contributed by atoms with Crippen LogP contribution in [0.5, 0.6) is 5.75 Å². The number of hydrogen-bond donors (Lipinski definition) is 0. The van der Waals surface area contributed by atoms with E-state index in [1.807, 2.05) is 24.3 Å². The Morgan fingerprint density at radius 2 is 1.79 bits per heavy atom. The van der Waals surface area contributed by atoms with Crippen LogP contribution in [0.1, 0.15) is 42.9 Å². The molecule has 0 unspecified atom stereocenters. The first kappa shape index (κ1) is 24.6. The molecule has 0 fully saturated rings. The topological polar surface area (TPSA) is 26.3 Å². The minimum Gasteiger partial charge on any atom is -0.489 e. The van der Waals surface area contributed by atoms with Gasteiger partial charge in [-0.25, -0.2) is 0 Å². The van der Waals surface area contributed by atoms with Gasteiger partial charge in [0.25, 0.3) is 0 Å². The van der Waals surface area contributed by atoms with Crippen molar-refractivity contribution in [2.24, 2.45) is 0 Å². The third-order valence-electron chi connectivity index (χ3n) is 5.57. The highest BCUT2D eigenvalue weighted by Crippen LogP contribution is 2.36. The Kier molecular flexibility index (Phi) is 8.38. The fourth-order valence-corrected chi connectivity index (χ4v) is 4.87. The average molecular weight is 473 g/mol. The summed E-state index contributed by atoms with van der Waals surface area (Å²) >= 11 is 1.78. The third-order valence-corrected chi connectivity index (χ3v) is 6.53. The van der Waals surface area contributed by atoms with E-state index in [2.05, 4.69) is 66.6 Å². The molecule has 168 valence electrons. The molecule has 1 atom stereocenters. The summed E-state index contributed by atoms with van der Waals surface area (Å²) < 4.78 is 7.35. The molecular weight excluding hydrogens is 444 g/mol. The van der Waals surface area contributed by atoms with Crippen molar-refractivity contribution in [3.63, 3.8) is 0 Å². The van der Waals surface area contributed by atoms with Gasteiger partial charge < -0.3 is 4.74 Å². The number of rotatable bonds is 7. The first-order chi connectivity index (χ1) is 15.5. The summed E-state index contributed by atoms with van der Waals surface area (Å²) in [6.45, 7) is 6.07. The lowest BCUT2D eigenvalue weighted by molar-refractivity contribution is -0.117. The fourth-order valence-electron chi connectivity index (χ4n) is 3.93. The largest absolute Gasteiger partial charge is 0.489 e. The molecule has 1 aromatic heterocycles. The van der Waals surface area contributed by atoms with Crippen molar-refractivity contribution < 1.29 is 9.53 Å². The van der Waals surface area contributed by atoms with Crippen LogP contribution in [0.15, 0.2) is 72.1 Å². The number of fused-ring (bicyclic) bond motifs is 1. The summed E-state index contributed by atoms with van der Waals surface area (Å²) in [7, 11) is 0. The van der Waals surface area contributed by atoms with Crippen LogP contribution in [0.25, 0.3) is 21.2 Å². The number of benzene rings is 3. The molecule has 0 N–H and O–H groups in total. The molecule has 4 rings (SSSR count). The zero-order valence-electron chi connectivity index (χ0n) is 19.1. The number of carbonyl (C=O) groups excluding carboxylic acids is 1. The predicted octanol–water partition coefficient (Wildman–Crippen LogP) is 7.65. The lowest BCUT2D eigenvalue weighted by atomic mass is 9.94. The summed E-state index contributed by atoms with van der Waals surface area (Å²) in [4.78, 5) is 11.5. The van der Waals surface area contributed by atoms with Gasteiger partial charge in [0.1, 0.15) is 18.1 Å². The first-order valence-corrected chi connectivity index (χ1v) is 11.6. The Hall–Kier alpha value is -3.00. The minimum atomic E-state index is -0.0626. The molecule has 1 heterocycles. The number of thiophene rings is 1. The van der Waals surface area contributed by atoms with Gasteiger partial charge in [0.15, 0.2) is 0 Å². The highest BCUT2D eigenvalue weighted by Gasteiger charge is 2.12. The standard InChI is InChI=1S/C29H26O2S.H2S/c1-4-7-24(16-21(3)30)23-11-13-25(14-12-23)31-18-22-10-15-29-27(17-22)28(19-32-29)26-9-6-5-8-20(26)2;/h5-6,8-15,17,19,24H,16,18H2,1-3H3;1H2/t24-;/m0./s1. The van der Waals surface area contributed by atoms with Crippen LogP contribution >= 0.6 is 24.8 Å². The Morgan fingerprint density at radius 1 is 1.03 bits per heavy atom.